The Bertz CT molecular complexity index is 615. The van der Waals surface area contributed by atoms with Gasteiger partial charge in [0.1, 0.15) is 5.75 Å². The van der Waals surface area contributed by atoms with Gasteiger partial charge in [-0.25, -0.2) is 8.42 Å². The number of amides is 1. The highest BCUT2D eigenvalue weighted by Crippen LogP contribution is 2.24. The van der Waals surface area contributed by atoms with Gasteiger partial charge >= 0.3 is 0 Å². The molecular weight excluding hydrogens is 314 g/mol. The van der Waals surface area contributed by atoms with Gasteiger partial charge in [-0.2, -0.15) is 0 Å². The van der Waals surface area contributed by atoms with E-state index in [1.54, 1.807) is 19.9 Å². The van der Waals surface area contributed by atoms with Gasteiger partial charge in [-0.3, -0.25) is 4.79 Å². The first kappa shape index (κ1) is 17.8. The number of carbonyl (C=O) groups is 1. The molecule has 1 N–H and O–H groups in total. The van der Waals surface area contributed by atoms with Crippen LogP contribution in [0.3, 0.4) is 0 Å². The third kappa shape index (κ3) is 5.21. The molecule has 2 unspecified atom stereocenters. The molecule has 0 saturated heterocycles. The molecule has 0 aliphatic rings. The molecule has 0 spiro atoms. The normalized spacial score (nSPS) is 14.3. The second-order valence-corrected chi connectivity index (χ2v) is 7.48. The maximum absolute atomic E-state index is 11.9. The van der Waals surface area contributed by atoms with Gasteiger partial charge in [-0.1, -0.05) is 6.92 Å². The van der Waals surface area contributed by atoms with Gasteiger partial charge in [0.2, 0.25) is 0 Å². The molecule has 0 aliphatic carbocycles. The van der Waals surface area contributed by atoms with Crippen molar-refractivity contribution >= 4 is 25.6 Å². The van der Waals surface area contributed by atoms with Crippen LogP contribution < -0.4 is 10.1 Å². The van der Waals surface area contributed by atoms with Crippen molar-refractivity contribution in [1.82, 2.24) is 5.32 Å². The number of nitrogens with one attached hydrogen (secondary N) is 1. The van der Waals surface area contributed by atoms with E-state index < -0.39 is 15.2 Å². The highest BCUT2D eigenvalue weighted by atomic mass is 35.7. The number of carbonyl (C=O) groups excluding carboxylic acids is 1. The molecule has 5 nitrogen and oxygen atoms in total. The summed E-state index contributed by atoms with van der Waals surface area (Å²) in [6.45, 7) is 7.14. The Labute approximate surface area is 130 Å². The first-order valence-corrected chi connectivity index (χ1v) is 8.98. The van der Waals surface area contributed by atoms with Crippen molar-refractivity contribution in [3.63, 3.8) is 0 Å². The van der Waals surface area contributed by atoms with E-state index in [-0.39, 0.29) is 16.8 Å². The summed E-state index contributed by atoms with van der Waals surface area (Å²) in [6.07, 6.45) is 0.164. The first-order chi connectivity index (χ1) is 9.65. The summed E-state index contributed by atoms with van der Waals surface area (Å²) in [5.74, 6) is 0.208. The number of benzene rings is 1. The third-order valence-electron chi connectivity index (χ3n) is 3.09. The van der Waals surface area contributed by atoms with Gasteiger partial charge < -0.3 is 10.1 Å². The van der Waals surface area contributed by atoms with Gasteiger partial charge in [-0.15, -0.1) is 0 Å². The van der Waals surface area contributed by atoms with Gasteiger partial charge in [0.15, 0.2) is 6.10 Å². The molecule has 0 bridgehead atoms. The van der Waals surface area contributed by atoms with Crippen LogP contribution in [0.5, 0.6) is 5.75 Å². The van der Waals surface area contributed by atoms with Crippen molar-refractivity contribution in [2.24, 2.45) is 0 Å². The van der Waals surface area contributed by atoms with Crippen LogP contribution in [0.4, 0.5) is 0 Å². The highest BCUT2D eigenvalue weighted by molar-refractivity contribution is 8.13. The minimum absolute atomic E-state index is 0.0354. The minimum Gasteiger partial charge on any atom is -0.481 e. The van der Waals surface area contributed by atoms with E-state index in [1.165, 1.54) is 12.1 Å². The van der Waals surface area contributed by atoms with E-state index in [1.807, 2.05) is 13.8 Å². The number of aryl methyl sites for hydroxylation is 1. The standard InChI is InChI=1S/C14H20ClNO4S/c1-5-10(3)16-14(17)11(4)20-12-6-7-13(9(2)8-12)21(15,18)19/h6-8,10-11H,5H2,1-4H3,(H,16,17). The van der Waals surface area contributed by atoms with Crippen LogP contribution in [-0.4, -0.2) is 26.5 Å². The smallest absolute Gasteiger partial charge is 0.261 e. The summed E-state index contributed by atoms with van der Waals surface area (Å²) in [6, 6.07) is 4.47. The molecular formula is C14H20ClNO4S. The Balaban J connectivity index is 2.80. The molecule has 2 atom stereocenters. The van der Waals surface area contributed by atoms with Gasteiger partial charge in [0.05, 0.1) is 4.90 Å². The SMILES string of the molecule is CCC(C)NC(=O)C(C)Oc1ccc(S(=O)(=O)Cl)c(C)c1. The molecule has 0 aromatic heterocycles. The monoisotopic (exact) mass is 333 g/mol. The number of hydrogen-bond acceptors (Lipinski definition) is 4. The molecule has 0 heterocycles. The lowest BCUT2D eigenvalue weighted by atomic mass is 10.2. The number of ether oxygens (including phenoxy) is 1. The van der Waals surface area contributed by atoms with Crippen molar-refractivity contribution in [1.29, 1.82) is 0 Å². The lowest BCUT2D eigenvalue weighted by Gasteiger charge is -2.18. The zero-order chi connectivity index (χ0) is 16.2. The molecule has 118 valence electrons. The summed E-state index contributed by atoms with van der Waals surface area (Å²) >= 11 is 0. The van der Waals surface area contributed by atoms with Crippen molar-refractivity contribution in [3.8, 4) is 5.75 Å². The summed E-state index contributed by atoms with van der Waals surface area (Å²) in [5.41, 5.74) is 0.469. The summed E-state index contributed by atoms with van der Waals surface area (Å²) in [5, 5.41) is 2.82. The van der Waals surface area contributed by atoms with Crippen LogP contribution in [0.25, 0.3) is 0 Å². The van der Waals surface area contributed by atoms with E-state index in [9.17, 15) is 13.2 Å². The van der Waals surface area contributed by atoms with E-state index in [2.05, 4.69) is 5.32 Å². The average molecular weight is 334 g/mol. The molecule has 0 radical (unpaired) electrons. The van der Waals surface area contributed by atoms with Crippen LogP contribution >= 0.6 is 10.7 Å². The quantitative estimate of drug-likeness (QED) is 0.812. The zero-order valence-electron chi connectivity index (χ0n) is 12.5. The van der Waals surface area contributed by atoms with Crippen LogP contribution in [0.2, 0.25) is 0 Å². The largest absolute Gasteiger partial charge is 0.481 e. The van der Waals surface area contributed by atoms with Crippen molar-refractivity contribution in [2.75, 3.05) is 0 Å². The molecule has 1 amide bonds. The van der Waals surface area contributed by atoms with Crippen molar-refractivity contribution in [2.45, 2.75) is 51.2 Å². The highest BCUT2D eigenvalue weighted by Gasteiger charge is 2.18. The lowest BCUT2D eigenvalue weighted by molar-refractivity contribution is -0.127. The van der Waals surface area contributed by atoms with Gasteiger partial charge in [0, 0.05) is 16.7 Å². The fourth-order valence-corrected chi connectivity index (χ4v) is 2.88. The Hall–Kier alpha value is -1.27. The molecule has 0 saturated carbocycles. The van der Waals surface area contributed by atoms with Crippen LogP contribution in [-0.2, 0) is 13.8 Å². The van der Waals surface area contributed by atoms with Crippen molar-refractivity contribution in [3.05, 3.63) is 23.8 Å². The maximum atomic E-state index is 11.9. The predicted octanol–water partition coefficient (Wildman–Crippen LogP) is 2.60. The second-order valence-electron chi connectivity index (χ2n) is 4.94. The Kier molecular flexibility index (Phi) is 6.04. The van der Waals surface area contributed by atoms with Crippen LogP contribution in [0.15, 0.2) is 23.1 Å². The number of rotatable bonds is 6. The van der Waals surface area contributed by atoms with E-state index in [4.69, 9.17) is 15.4 Å². The summed E-state index contributed by atoms with van der Waals surface area (Å²) in [7, 11) is 1.54. The minimum atomic E-state index is -3.78. The van der Waals surface area contributed by atoms with E-state index >= 15 is 0 Å². The van der Waals surface area contributed by atoms with Gasteiger partial charge in [0.25, 0.3) is 15.0 Å². The van der Waals surface area contributed by atoms with E-state index in [0.717, 1.165) is 6.42 Å². The third-order valence-corrected chi connectivity index (χ3v) is 4.57. The van der Waals surface area contributed by atoms with Crippen LogP contribution in [0, 0.1) is 6.92 Å². The molecule has 0 aliphatic heterocycles. The Morgan fingerprint density at radius 1 is 1.38 bits per heavy atom. The summed E-state index contributed by atoms with van der Waals surface area (Å²) in [4.78, 5) is 11.9. The Morgan fingerprint density at radius 2 is 2.00 bits per heavy atom. The fourth-order valence-electron chi connectivity index (χ4n) is 1.69. The van der Waals surface area contributed by atoms with E-state index in [0.29, 0.717) is 11.3 Å². The predicted molar refractivity (Wildman–Crippen MR) is 82.2 cm³/mol. The molecule has 21 heavy (non-hydrogen) atoms. The number of hydrogen-bond donors (Lipinski definition) is 1. The second kappa shape index (κ2) is 7.13. The topological polar surface area (TPSA) is 72.5 Å². The molecule has 7 heteroatoms. The number of halogens is 1. The molecule has 1 aromatic carbocycles. The molecule has 0 fully saturated rings. The van der Waals surface area contributed by atoms with Crippen molar-refractivity contribution < 1.29 is 17.9 Å². The van der Waals surface area contributed by atoms with Crippen LogP contribution in [0.1, 0.15) is 32.8 Å². The molecule has 1 rings (SSSR count). The Morgan fingerprint density at radius 3 is 2.48 bits per heavy atom. The zero-order valence-corrected chi connectivity index (χ0v) is 14.1. The summed E-state index contributed by atoms with van der Waals surface area (Å²) < 4.78 is 28.1. The fraction of sp³-hybridized carbons (Fsp3) is 0.500. The van der Waals surface area contributed by atoms with Gasteiger partial charge in [-0.05, 0) is 51.0 Å². The lowest BCUT2D eigenvalue weighted by Crippen LogP contribution is -2.40. The first-order valence-electron chi connectivity index (χ1n) is 6.67. The maximum Gasteiger partial charge on any atom is 0.261 e. The average Bonchev–Trinajstić information content (AvgIpc) is 2.36. The molecule has 1 aromatic rings.